The maximum atomic E-state index is 11.9. The summed E-state index contributed by atoms with van der Waals surface area (Å²) in [7, 11) is 1.53. The topological polar surface area (TPSA) is 75.6 Å². The summed E-state index contributed by atoms with van der Waals surface area (Å²) >= 11 is 0. The van der Waals surface area contributed by atoms with Gasteiger partial charge in [0.25, 0.3) is 0 Å². The van der Waals surface area contributed by atoms with Gasteiger partial charge < -0.3 is 15.2 Å². The first-order valence-corrected chi connectivity index (χ1v) is 6.09. The summed E-state index contributed by atoms with van der Waals surface area (Å²) in [5.41, 5.74) is 0.732. The van der Waals surface area contributed by atoms with Gasteiger partial charge >= 0.3 is 5.97 Å². The zero-order valence-electron chi connectivity index (χ0n) is 11.3. The Bertz CT molecular complexity index is 457. The molecular formula is C14H19NO4. The second-order valence-electron chi connectivity index (χ2n) is 4.62. The van der Waals surface area contributed by atoms with Gasteiger partial charge in [-0.3, -0.25) is 4.79 Å². The first-order valence-electron chi connectivity index (χ1n) is 6.09. The average Bonchev–Trinajstić information content (AvgIpc) is 2.36. The molecule has 0 aliphatic rings. The van der Waals surface area contributed by atoms with E-state index >= 15 is 0 Å². The van der Waals surface area contributed by atoms with Crippen molar-refractivity contribution in [1.82, 2.24) is 5.32 Å². The Morgan fingerprint density at radius 3 is 2.47 bits per heavy atom. The first-order chi connectivity index (χ1) is 8.95. The van der Waals surface area contributed by atoms with Gasteiger partial charge in [-0.05, 0) is 12.0 Å². The molecule has 0 heterocycles. The number of amides is 1. The molecule has 1 aromatic carbocycles. The first kappa shape index (κ1) is 15.0. The van der Waals surface area contributed by atoms with Gasteiger partial charge in [0.1, 0.15) is 11.8 Å². The van der Waals surface area contributed by atoms with Crippen LogP contribution in [0.15, 0.2) is 24.3 Å². The van der Waals surface area contributed by atoms with E-state index in [9.17, 15) is 9.59 Å². The Morgan fingerprint density at radius 2 is 1.95 bits per heavy atom. The molecule has 1 atom stereocenters. The van der Waals surface area contributed by atoms with Gasteiger partial charge in [-0.2, -0.15) is 0 Å². The minimum atomic E-state index is -1.02. The van der Waals surface area contributed by atoms with E-state index in [1.54, 1.807) is 26.0 Å². The van der Waals surface area contributed by atoms with Crippen molar-refractivity contribution in [3.05, 3.63) is 29.8 Å². The number of carbonyl (C=O) groups excluding carboxylic acids is 1. The fourth-order valence-corrected chi connectivity index (χ4v) is 1.76. The number of ether oxygens (including phenoxy) is 1. The molecule has 0 saturated carbocycles. The summed E-state index contributed by atoms with van der Waals surface area (Å²) in [6.45, 7) is 3.50. The normalized spacial score (nSPS) is 12.0. The van der Waals surface area contributed by atoms with Crippen molar-refractivity contribution >= 4 is 11.9 Å². The number of hydrogen-bond donors (Lipinski definition) is 2. The monoisotopic (exact) mass is 265 g/mol. The fraction of sp³-hybridized carbons (Fsp3) is 0.429. The van der Waals surface area contributed by atoms with Crippen molar-refractivity contribution < 1.29 is 19.4 Å². The molecule has 0 aliphatic carbocycles. The molecule has 0 radical (unpaired) electrons. The Morgan fingerprint density at radius 1 is 1.32 bits per heavy atom. The van der Waals surface area contributed by atoms with Gasteiger partial charge in [-0.1, -0.05) is 32.0 Å². The van der Waals surface area contributed by atoms with Gasteiger partial charge in [-0.15, -0.1) is 0 Å². The summed E-state index contributed by atoms with van der Waals surface area (Å²) in [5.74, 6) is -0.901. The highest BCUT2D eigenvalue weighted by Gasteiger charge is 2.23. The van der Waals surface area contributed by atoms with Crippen LogP contribution in [-0.4, -0.2) is 30.1 Å². The van der Waals surface area contributed by atoms with E-state index in [0.717, 1.165) is 5.56 Å². The highest BCUT2D eigenvalue weighted by atomic mass is 16.5. The van der Waals surface area contributed by atoms with Crippen molar-refractivity contribution in [2.24, 2.45) is 5.92 Å². The third-order valence-electron chi connectivity index (χ3n) is 2.79. The minimum Gasteiger partial charge on any atom is -0.496 e. The van der Waals surface area contributed by atoms with E-state index in [-0.39, 0.29) is 18.2 Å². The van der Waals surface area contributed by atoms with E-state index in [0.29, 0.717) is 5.75 Å². The molecule has 0 fully saturated rings. The van der Waals surface area contributed by atoms with Crippen molar-refractivity contribution in [3.63, 3.8) is 0 Å². The molecule has 1 amide bonds. The van der Waals surface area contributed by atoms with E-state index in [1.807, 2.05) is 12.1 Å². The number of aliphatic carboxylic acids is 1. The number of nitrogens with one attached hydrogen (secondary N) is 1. The molecule has 104 valence electrons. The van der Waals surface area contributed by atoms with Crippen LogP contribution in [-0.2, 0) is 16.0 Å². The number of para-hydroxylation sites is 1. The van der Waals surface area contributed by atoms with Gasteiger partial charge in [0.05, 0.1) is 13.5 Å². The van der Waals surface area contributed by atoms with Crippen molar-refractivity contribution in [2.75, 3.05) is 7.11 Å². The Hall–Kier alpha value is -2.04. The number of methoxy groups -OCH3 is 1. The molecule has 0 aliphatic heterocycles. The van der Waals surface area contributed by atoms with Crippen LogP contribution in [0.25, 0.3) is 0 Å². The molecule has 0 spiro atoms. The van der Waals surface area contributed by atoms with Crippen molar-refractivity contribution in [1.29, 1.82) is 0 Å². The molecule has 0 aromatic heterocycles. The third kappa shape index (κ3) is 4.28. The quantitative estimate of drug-likeness (QED) is 0.816. The molecule has 0 saturated heterocycles. The standard InChI is InChI=1S/C14H19NO4/c1-9(2)13(14(17)18)15-12(16)8-10-6-4-5-7-11(10)19-3/h4-7,9,13H,8H2,1-3H3,(H,15,16)(H,17,18)/t13-/m1/s1. The Labute approximate surface area is 112 Å². The molecule has 2 N–H and O–H groups in total. The van der Waals surface area contributed by atoms with E-state index in [4.69, 9.17) is 9.84 Å². The van der Waals surface area contributed by atoms with Gasteiger partial charge in [0.15, 0.2) is 0 Å². The average molecular weight is 265 g/mol. The molecule has 5 nitrogen and oxygen atoms in total. The number of benzene rings is 1. The molecule has 0 bridgehead atoms. The SMILES string of the molecule is COc1ccccc1CC(=O)N[C@@H](C(=O)O)C(C)C. The van der Waals surface area contributed by atoms with Crippen molar-refractivity contribution in [3.8, 4) is 5.75 Å². The van der Waals surface area contributed by atoms with Crippen LogP contribution in [0, 0.1) is 5.92 Å². The lowest BCUT2D eigenvalue weighted by atomic mass is 10.0. The highest BCUT2D eigenvalue weighted by molar-refractivity contribution is 5.85. The van der Waals surface area contributed by atoms with E-state index in [1.165, 1.54) is 7.11 Å². The zero-order valence-corrected chi connectivity index (χ0v) is 11.3. The molecule has 19 heavy (non-hydrogen) atoms. The van der Waals surface area contributed by atoms with E-state index in [2.05, 4.69) is 5.32 Å². The molecule has 1 aromatic rings. The van der Waals surface area contributed by atoms with Crippen LogP contribution in [0.2, 0.25) is 0 Å². The van der Waals surface area contributed by atoms with Gasteiger partial charge in [-0.25, -0.2) is 4.79 Å². The summed E-state index contributed by atoms with van der Waals surface area (Å²) in [4.78, 5) is 22.9. The van der Waals surface area contributed by atoms with Crippen LogP contribution >= 0.6 is 0 Å². The number of hydrogen-bond acceptors (Lipinski definition) is 3. The van der Waals surface area contributed by atoms with Crippen LogP contribution in [0.1, 0.15) is 19.4 Å². The van der Waals surface area contributed by atoms with Crippen molar-refractivity contribution in [2.45, 2.75) is 26.3 Å². The van der Waals surface area contributed by atoms with E-state index < -0.39 is 12.0 Å². The lowest BCUT2D eigenvalue weighted by molar-refractivity contribution is -0.143. The molecular weight excluding hydrogens is 246 g/mol. The maximum absolute atomic E-state index is 11.9. The van der Waals surface area contributed by atoms with Gasteiger partial charge in [0.2, 0.25) is 5.91 Å². The second kappa shape index (κ2) is 6.78. The number of carbonyl (C=O) groups is 2. The second-order valence-corrected chi connectivity index (χ2v) is 4.62. The summed E-state index contributed by atoms with van der Waals surface area (Å²) < 4.78 is 5.15. The molecule has 1 rings (SSSR count). The Balaban J connectivity index is 2.72. The minimum absolute atomic E-state index is 0.0977. The van der Waals surface area contributed by atoms with Crippen LogP contribution in [0.3, 0.4) is 0 Å². The molecule has 5 heteroatoms. The smallest absolute Gasteiger partial charge is 0.326 e. The predicted molar refractivity (Wildman–Crippen MR) is 71.1 cm³/mol. The fourth-order valence-electron chi connectivity index (χ4n) is 1.76. The summed E-state index contributed by atoms with van der Waals surface area (Å²) in [5, 5.41) is 11.5. The summed E-state index contributed by atoms with van der Waals surface area (Å²) in [6.07, 6.45) is 0.0977. The van der Waals surface area contributed by atoms with Crippen LogP contribution in [0.5, 0.6) is 5.75 Å². The highest BCUT2D eigenvalue weighted by Crippen LogP contribution is 2.17. The van der Waals surface area contributed by atoms with Gasteiger partial charge in [0, 0.05) is 5.56 Å². The predicted octanol–water partition coefficient (Wildman–Crippen LogP) is 1.46. The number of carboxylic acid groups (broad SMARTS) is 1. The zero-order chi connectivity index (χ0) is 14.4. The van der Waals surface area contributed by atoms with Crippen LogP contribution < -0.4 is 10.1 Å². The summed E-state index contributed by atoms with van der Waals surface area (Å²) in [6, 6.07) is 6.29. The lowest BCUT2D eigenvalue weighted by Crippen LogP contribution is -2.44. The van der Waals surface area contributed by atoms with Crippen LogP contribution in [0.4, 0.5) is 0 Å². The largest absolute Gasteiger partial charge is 0.496 e. The maximum Gasteiger partial charge on any atom is 0.326 e. The molecule has 0 unspecified atom stereocenters. The number of carboxylic acids is 1. The third-order valence-corrected chi connectivity index (χ3v) is 2.79. The lowest BCUT2D eigenvalue weighted by Gasteiger charge is -2.18. The Kier molecular flexibility index (Phi) is 5.36. The number of rotatable bonds is 6.